The molecular formula is C28H22BrN3O3S. The largest absolute Gasteiger partial charge is 0.493 e. The van der Waals surface area contributed by atoms with E-state index in [1.807, 2.05) is 56.3 Å². The van der Waals surface area contributed by atoms with E-state index in [9.17, 15) is 14.9 Å². The van der Waals surface area contributed by atoms with Gasteiger partial charge >= 0.3 is 0 Å². The molecule has 180 valence electrons. The number of para-hydroxylation sites is 2. The number of thiazole rings is 1. The van der Waals surface area contributed by atoms with Crippen molar-refractivity contribution in [2.24, 2.45) is 0 Å². The second kappa shape index (κ2) is 11.2. The van der Waals surface area contributed by atoms with Crippen LogP contribution in [0.4, 0.5) is 5.69 Å². The normalized spacial score (nSPS) is 12.1. The molecule has 0 spiro atoms. The third-order valence-corrected chi connectivity index (χ3v) is 6.93. The van der Waals surface area contributed by atoms with Crippen molar-refractivity contribution >= 4 is 50.5 Å². The molecular weight excluding hydrogens is 538 g/mol. The number of halogens is 1. The summed E-state index contributed by atoms with van der Waals surface area (Å²) in [5, 5.41) is 12.8. The van der Waals surface area contributed by atoms with Gasteiger partial charge < -0.3 is 10.1 Å². The summed E-state index contributed by atoms with van der Waals surface area (Å²) < 4.78 is 8.59. The van der Waals surface area contributed by atoms with Crippen molar-refractivity contribution in [3.8, 4) is 17.5 Å². The molecule has 1 aromatic heterocycles. The van der Waals surface area contributed by atoms with Gasteiger partial charge in [0.05, 0.1) is 16.8 Å². The molecule has 4 aromatic rings. The number of carbonyl (C=O) groups is 1. The summed E-state index contributed by atoms with van der Waals surface area (Å²) in [6.45, 7) is 4.23. The number of aromatic nitrogens is 1. The maximum absolute atomic E-state index is 13.6. The number of amides is 1. The lowest BCUT2D eigenvalue weighted by Gasteiger charge is -2.08. The Morgan fingerprint density at radius 2 is 1.86 bits per heavy atom. The van der Waals surface area contributed by atoms with Crippen LogP contribution in [0.1, 0.15) is 18.1 Å². The molecule has 0 radical (unpaired) electrons. The zero-order valence-corrected chi connectivity index (χ0v) is 22.0. The first-order valence-electron chi connectivity index (χ1n) is 11.2. The Hall–Kier alpha value is -3.93. The molecule has 0 atom stereocenters. The Labute approximate surface area is 220 Å². The summed E-state index contributed by atoms with van der Waals surface area (Å²) >= 11 is 4.56. The van der Waals surface area contributed by atoms with E-state index in [-0.39, 0.29) is 15.8 Å². The quantitative estimate of drug-likeness (QED) is 0.376. The average Bonchev–Trinajstić information content (AvgIpc) is 3.18. The van der Waals surface area contributed by atoms with Gasteiger partial charge in [0.25, 0.3) is 11.5 Å². The lowest BCUT2D eigenvalue weighted by atomic mass is 10.2. The van der Waals surface area contributed by atoms with E-state index in [2.05, 4.69) is 21.2 Å². The van der Waals surface area contributed by atoms with Crippen molar-refractivity contribution in [2.45, 2.75) is 13.8 Å². The smallest absolute Gasteiger partial charge is 0.273 e. The fourth-order valence-electron chi connectivity index (χ4n) is 3.62. The number of hydrogen-bond donors (Lipinski definition) is 1. The molecule has 0 aliphatic carbocycles. The number of nitrogens with one attached hydrogen (secondary N) is 1. The summed E-state index contributed by atoms with van der Waals surface area (Å²) in [6.07, 6.45) is 1.72. The second-order valence-electron chi connectivity index (χ2n) is 7.76. The van der Waals surface area contributed by atoms with Crippen LogP contribution in [0.25, 0.3) is 17.3 Å². The Morgan fingerprint density at radius 3 is 2.56 bits per heavy atom. The van der Waals surface area contributed by atoms with Crippen molar-refractivity contribution in [1.82, 2.24) is 4.57 Å². The molecule has 0 fully saturated rings. The minimum atomic E-state index is -0.582. The minimum Gasteiger partial charge on any atom is -0.493 e. The first-order chi connectivity index (χ1) is 17.4. The van der Waals surface area contributed by atoms with Crippen LogP contribution in [0, 0.1) is 18.3 Å². The van der Waals surface area contributed by atoms with Gasteiger partial charge in [-0.1, -0.05) is 52.3 Å². The highest BCUT2D eigenvalue weighted by Gasteiger charge is 2.18. The summed E-state index contributed by atoms with van der Waals surface area (Å²) in [7, 11) is 0. The lowest BCUT2D eigenvalue weighted by molar-refractivity contribution is -0.111. The van der Waals surface area contributed by atoms with Crippen LogP contribution in [0.2, 0.25) is 0 Å². The molecule has 3 aromatic carbocycles. The third kappa shape index (κ3) is 5.33. The van der Waals surface area contributed by atoms with Crippen LogP contribution >= 0.6 is 27.3 Å². The van der Waals surface area contributed by atoms with Crippen molar-refractivity contribution in [2.75, 3.05) is 11.9 Å². The van der Waals surface area contributed by atoms with E-state index in [1.165, 1.54) is 4.57 Å². The predicted molar refractivity (Wildman–Crippen MR) is 147 cm³/mol. The summed E-state index contributed by atoms with van der Waals surface area (Å²) in [5.74, 6) is 0.0461. The number of carbonyl (C=O) groups excluding carboxylic acids is 1. The Balaban J connectivity index is 1.98. The Kier molecular flexibility index (Phi) is 7.84. The zero-order valence-electron chi connectivity index (χ0n) is 19.6. The van der Waals surface area contributed by atoms with E-state index in [0.29, 0.717) is 33.8 Å². The number of ether oxygens (including phenoxy) is 1. The standard InChI is InChI=1S/C28H22BrN3O3S/c1-3-35-24-14-13-20(29)15-19(24)16-25-27(34)32(21-10-5-4-6-11-21)28(36-25)22(17-30)26(33)31-23-12-8-7-9-18(23)2/h4-16H,3H2,1-2H3,(H,31,33)/b25-16+,28-22+. The maximum atomic E-state index is 13.6. The highest BCUT2D eigenvalue weighted by molar-refractivity contribution is 9.10. The minimum absolute atomic E-state index is 0.150. The van der Waals surface area contributed by atoms with Crippen molar-refractivity contribution in [3.05, 3.63) is 108 Å². The van der Waals surface area contributed by atoms with Crippen molar-refractivity contribution in [3.63, 3.8) is 0 Å². The maximum Gasteiger partial charge on any atom is 0.273 e. The number of nitriles is 1. The number of anilines is 1. The molecule has 0 aliphatic heterocycles. The SMILES string of the molecule is CCOc1ccc(Br)cc1/C=c1/s/c(=C(\C#N)C(=O)Nc2ccccc2C)n(-c2ccccc2)c1=O. The summed E-state index contributed by atoms with van der Waals surface area (Å²) in [4.78, 5) is 26.9. The van der Waals surface area contributed by atoms with Crippen LogP contribution in [-0.4, -0.2) is 17.1 Å². The van der Waals surface area contributed by atoms with Crippen LogP contribution in [0.5, 0.6) is 5.75 Å². The van der Waals surface area contributed by atoms with Gasteiger partial charge in [0.1, 0.15) is 16.5 Å². The van der Waals surface area contributed by atoms with Gasteiger partial charge in [-0.3, -0.25) is 14.2 Å². The first-order valence-corrected chi connectivity index (χ1v) is 12.8. The van der Waals surface area contributed by atoms with Gasteiger partial charge in [-0.05, 0) is 61.9 Å². The lowest BCUT2D eigenvalue weighted by Crippen LogP contribution is -2.32. The van der Waals surface area contributed by atoms with Gasteiger partial charge in [-0.15, -0.1) is 11.3 Å². The van der Waals surface area contributed by atoms with Crippen LogP contribution in [0.15, 0.2) is 82.1 Å². The first kappa shape index (κ1) is 25.2. The molecule has 1 N–H and O–H groups in total. The van der Waals surface area contributed by atoms with Crippen LogP contribution in [-0.2, 0) is 4.79 Å². The number of aryl methyl sites for hydroxylation is 1. The average molecular weight is 560 g/mol. The monoisotopic (exact) mass is 559 g/mol. The second-order valence-corrected chi connectivity index (χ2v) is 9.71. The number of benzene rings is 3. The van der Waals surface area contributed by atoms with E-state index >= 15 is 0 Å². The molecule has 8 heteroatoms. The van der Waals surface area contributed by atoms with Crippen molar-refractivity contribution < 1.29 is 9.53 Å². The Morgan fingerprint density at radius 1 is 1.14 bits per heavy atom. The number of hydrogen-bond acceptors (Lipinski definition) is 5. The summed E-state index contributed by atoms with van der Waals surface area (Å²) in [5.41, 5.74) is 2.25. The van der Waals surface area contributed by atoms with Gasteiger partial charge in [0, 0.05) is 15.7 Å². The molecule has 0 unspecified atom stereocenters. The van der Waals surface area contributed by atoms with Gasteiger partial charge in [0.2, 0.25) is 0 Å². The topological polar surface area (TPSA) is 84.1 Å². The molecule has 0 saturated carbocycles. The van der Waals surface area contributed by atoms with Gasteiger partial charge in [-0.2, -0.15) is 5.26 Å². The molecule has 36 heavy (non-hydrogen) atoms. The van der Waals surface area contributed by atoms with E-state index in [0.717, 1.165) is 21.4 Å². The predicted octanol–water partition coefficient (Wildman–Crippen LogP) is 4.51. The fraction of sp³-hybridized carbons (Fsp3) is 0.107. The third-order valence-electron chi connectivity index (χ3n) is 5.34. The van der Waals surface area contributed by atoms with Gasteiger partial charge in [0.15, 0.2) is 5.57 Å². The zero-order chi connectivity index (χ0) is 25.7. The fourth-order valence-corrected chi connectivity index (χ4v) is 5.09. The molecule has 1 heterocycles. The number of nitrogens with zero attached hydrogens (tertiary/aromatic N) is 2. The molecule has 0 saturated heterocycles. The molecule has 1 amide bonds. The highest BCUT2D eigenvalue weighted by Crippen LogP contribution is 2.24. The van der Waals surface area contributed by atoms with Crippen LogP contribution in [0.3, 0.4) is 0 Å². The van der Waals surface area contributed by atoms with Crippen LogP contribution < -0.4 is 24.8 Å². The highest BCUT2D eigenvalue weighted by atomic mass is 79.9. The van der Waals surface area contributed by atoms with Gasteiger partial charge in [-0.25, -0.2) is 0 Å². The molecule has 0 bridgehead atoms. The molecule has 0 aliphatic rings. The van der Waals surface area contributed by atoms with E-state index in [4.69, 9.17) is 4.74 Å². The van der Waals surface area contributed by atoms with Crippen molar-refractivity contribution in [1.29, 1.82) is 5.26 Å². The summed E-state index contributed by atoms with van der Waals surface area (Å²) in [6, 6.07) is 23.8. The van der Waals surface area contributed by atoms with E-state index < -0.39 is 5.91 Å². The Bertz CT molecular complexity index is 1650. The van der Waals surface area contributed by atoms with E-state index in [1.54, 1.807) is 42.5 Å². The number of rotatable bonds is 6. The molecule has 6 nitrogen and oxygen atoms in total. The molecule has 4 rings (SSSR count).